The van der Waals surface area contributed by atoms with Gasteiger partial charge in [-0.2, -0.15) is 4.39 Å². The number of aromatic nitrogens is 4. The van der Waals surface area contributed by atoms with Gasteiger partial charge in [0.25, 0.3) is 0 Å². The van der Waals surface area contributed by atoms with E-state index in [2.05, 4.69) is 15.0 Å². The summed E-state index contributed by atoms with van der Waals surface area (Å²) in [7, 11) is -4.85. The summed E-state index contributed by atoms with van der Waals surface area (Å²) in [5.41, 5.74) is 5.15. The number of nitro benzene ring substituents is 2. The summed E-state index contributed by atoms with van der Waals surface area (Å²) in [5.74, 6) is -1.39. The molecule has 19 nitrogen and oxygen atoms in total. The maximum absolute atomic E-state index is 13.9. The number of aliphatic hydroxyl groups excluding tert-OH is 2. The number of halogens is 1. The van der Waals surface area contributed by atoms with Crippen LogP contribution in [0.25, 0.3) is 11.2 Å². The van der Waals surface area contributed by atoms with Crippen molar-refractivity contribution in [3.05, 3.63) is 50.8 Å². The Bertz CT molecular complexity index is 1420. The van der Waals surface area contributed by atoms with Crippen LogP contribution in [-0.4, -0.2) is 69.4 Å². The molecule has 5 atom stereocenters. The smallest absolute Gasteiger partial charge is 0.387 e. The van der Waals surface area contributed by atoms with Crippen LogP contribution in [0.1, 0.15) is 6.23 Å². The molecule has 198 valence electrons. The zero-order valence-corrected chi connectivity index (χ0v) is 19.0. The SMILES string of the molecule is Nc1ncnc2c1ncn2[C@@H]1O[C@H](COP(=O)(O)NNc2cc(F)c([N+](=O)[O-])cc2[N+](=O)[O-])[C@@H](O)[C@H]1O. The van der Waals surface area contributed by atoms with Gasteiger partial charge >= 0.3 is 19.1 Å². The standard InChI is InChI=1S/C16H17FN9O10P/c17-6-1-7(9(26(31)32)2-8(6)25(29)30)22-23-37(33,34)35-3-10-12(27)13(28)16(36-10)24-5-21-11-14(18)19-4-20-15(11)24/h1-2,4-5,10,12-13,16,22,27-28H,3H2,(H2,18,19,20)(H2,23,33,34)/t10-,12-,13-,16-/m1/s1. The number of hydrazine groups is 1. The molecule has 37 heavy (non-hydrogen) atoms. The minimum Gasteiger partial charge on any atom is -0.387 e. The number of aliphatic hydroxyl groups is 2. The third kappa shape index (κ3) is 5.15. The van der Waals surface area contributed by atoms with Gasteiger partial charge in [-0.15, -0.1) is 5.20 Å². The molecule has 3 aromatic rings. The molecular weight excluding hydrogens is 528 g/mol. The molecule has 4 rings (SSSR count). The number of ether oxygens (including phenoxy) is 1. The van der Waals surface area contributed by atoms with Crippen molar-refractivity contribution >= 4 is 41.8 Å². The van der Waals surface area contributed by atoms with E-state index >= 15 is 0 Å². The highest BCUT2D eigenvalue weighted by Crippen LogP contribution is 2.40. The summed E-state index contributed by atoms with van der Waals surface area (Å²) in [6.07, 6.45) is -3.34. The molecule has 1 aliphatic rings. The summed E-state index contributed by atoms with van der Waals surface area (Å²) >= 11 is 0. The van der Waals surface area contributed by atoms with Crippen LogP contribution in [-0.2, 0) is 13.8 Å². The molecule has 0 radical (unpaired) electrons. The maximum Gasteiger partial charge on any atom is 0.420 e. The predicted octanol–water partition coefficient (Wildman–Crippen LogP) is -0.283. The van der Waals surface area contributed by atoms with Crippen molar-refractivity contribution in [3.8, 4) is 0 Å². The van der Waals surface area contributed by atoms with Gasteiger partial charge in [0.1, 0.15) is 35.8 Å². The van der Waals surface area contributed by atoms with E-state index < -0.39 is 71.6 Å². The third-order valence-electron chi connectivity index (χ3n) is 5.20. The van der Waals surface area contributed by atoms with E-state index in [1.165, 1.54) is 10.9 Å². The molecule has 1 saturated heterocycles. The fraction of sp³-hybridized carbons (Fsp3) is 0.312. The fourth-order valence-electron chi connectivity index (χ4n) is 3.43. The number of anilines is 2. The number of benzene rings is 1. The Hall–Kier alpha value is -3.91. The average molecular weight is 545 g/mol. The van der Waals surface area contributed by atoms with Crippen molar-refractivity contribution in [3.63, 3.8) is 0 Å². The molecule has 2 aromatic heterocycles. The lowest BCUT2D eigenvalue weighted by atomic mass is 10.1. The second kappa shape index (κ2) is 9.86. The zero-order valence-electron chi connectivity index (χ0n) is 18.1. The first-order valence-electron chi connectivity index (χ1n) is 9.97. The number of nitrogens with zero attached hydrogens (tertiary/aromatic N) is 6. The van der Waals surface area contributed by atoms with E-state index in [0.717, 1.165) is 6.33 Å². The summed E-state index contributed by atoms with van der Waals surface area (Å²) in [6.45, 7) is -0.766. The quantitative estimate of drug-likeness (QED) is 0.114. The summed E-state index contributed by atoms with van der Waals surface area (Å²) < 4.78 is 37.9. The number of nitrogens with two attached hydrogens (primary N) is 1. The lowest BCUT2D eigenvalue weighted by molar-refractivity contribution is -0.395. The molecule has 0 aliphatic carbocycles. The number of nitro groups is 2. The van der Waals surface area contributed by atoms with Crippen molar-refractivity contribution in [2.45, 2.75) is 24.5 Å². The van der Waals surface area contributed by atoms with Crippen LogP contribution < -0.4 is 16.4 Å². The summed E-state index contributed by atoms with van der Waals surface area (Å²) in [6, 6.07) is 0.699. The second-order valence-corrected chi connectivity index (χ2v) is 9.04. The first kappa shape index (κ1) is 26.2. The molecule has 1 fully saturated rings. The first-order chi connectivity index (χ1) is 17.4. The monoisotopic (exact) mass is 545 g/mol. The molecule has 21 heteroatoms. The van der Waals surface area contributed by atoms with Crippen LogP contribution in [0.3, 0.4) is 0 Å². The molecule has 7 N–H and O–H groups in total. The van der Waals surface area contributed by atoms with Crippen molar-refractivity contribution in [1.82, 2.24) is 24.7 Å². The molecule has 0 amide bonds. The van der Waals surface area contributed by atoms with Gasteiger partial charge in [-0.05, 0) is 0 Å². The van der Waals surface area contributed by atoms with Gasteiger partial charge in [-0.3, -0.25) is 29.3 Å². The number of hydrogen-bond donors (Lipinski definition) is 6. The van der Waals surface area contributed by atoms with Gasteiger partial charge in [0.2, 0.25) is 5.82 Å². The predicted molar refractivity (Wildman–Crippen MR) is 118 cm³/mol. The van der Waals surface area contributed by atoms with Gasteiger partial charge < -0.3 is 31.0 Å². The highest BCUT2D eigenvalue weighted by molar-refractivity contribution is 7.50. The molecular formula is C16H17FN9O10P. The zero-order chi connectivity index (χ0) is 27.1. The van der Waals surface area contributed by atoms with Crippen molar-refractivity contribution in [1.29, 1.82) is 0 Å². The van der Waals surface area contributed by atoms with Crippen molar-refractivity contribution < 1.29 is 43.2 Å². The molecule has 3 heterocycles. The van der Waals surface area contributed by atoms with Crippen LogP contribution in [0, 0.1) is 26.0 Å². The van der Waals surface area contributed by atoms with Crippen LogP contribution in [0.5, 0.6) is 0 Å². The highest BCUT2D eigenvalue weighted by atomic mass is 31.2. The van der Waals surface area contributed by atoms with Gasteiger partial charge in [0.15, 0.2) is 17.7 Å². The van der Waals surface area contributed by atoms with Gasteiger partial charge in [-0.25, -0.2) is 19.5 Å². The van der Waals surface area contributed by atoms with E-state index in [4.69, 9.17) is 15.0 Å². The second-order valence-electron chi connectivity index (χ2n) is 7.52. The average Bonchev–Trinajstić information content (AvgIpc) is 3.38. The molecule has 1 aromatic carbocycles. The Morgan fingerprint density at radius 2 is 1.89 bits per heavy atom. The van der Waals surface area contributed by atoms with Crippen LogP contribution in [0.4, 0.5) is 27.3 Å². The van der Waals surface area contributed by atoms with Gasteiger partial charge in [0, 0.05) is 6.07 Å². The number of rotatable bonds is 9. The largest absolute Gasteiger partial charge is 0.420 e. The van der Waals surface area contributed by atoms with Gasteiger partial charge in [0.05, 0.1) is 28.8 Å². The van der Waals surface area contributed by atoms with Crippen LogP contribution in [0.15, 0.2) is 24.8 Å². The molecule has 0 saturated carbocycles. The minimum absolute atomic E-state index is 0.0598. The Morgan fingerprint density at radius 3 is 2.57 bits per heavy atom. The normalized spacial score (nSPS) is 23.1. The molecule has 0 spiro atoms. The first-order valence-corrected chi connectivity index (χ1v) is 11.5. The minimum atomic E-state index is -4.85. The van der Waals surface area contributed by atoms with E-state index in [-0.39, 0.29) is 17.0 Å². The van der Waals surface area contributed by atoms with E-state index in [9.17, 15) is 44.3 Å². The molecule has 1 aliphatic heterocycles. The lowest BCUT2D eigenvalue weighted by Gasteiger charge is -2.19. The molecule has 0 bridgehead atoms. The number of nitrogens with one attached hydrogen (secondary N) is 2. The van der Waals surface area contributed by atoms with Crippen molar-refractivity contribution in [2.24, 2.45) is 0 Å². The number of imidazole rings is 1. The topological polar surface area (TPSA) is 276 Å². The summed E-state index contributed by atoms with van der Waals surface area (Å²) in [4.78, 5) is 41.5. The van der Waals surface area contributed by atoms with E-state index in [1.807, 2.05) is 5.43 Å². The van der Waals surface area contributed by atoms with E-state index in [0.29, 0.717) is 12.1 Å². The van der Waals surface area contributed by atoms with Crippen molar-refractivity contribution in [2.75, 3.05) is 17.8 Å². The number of fused-ring (bicyclic) bond motifs is 1. The summed E-state index contributed by atoms with van der Waals surface area (Å²) in [5, 5.41) is 44.4. The Labute approximate surface area is 203 Å². The van der Waals surface area contributed by atoms with Crippen LogP contribution in [0.2, 0.25) is 0 Å². The number of hydrogen-bond acceptors (Lipinski definition) is 14. The lowest BCUT2D eigenvalue weighted by Crippen LogP contribution is -2.34. The third-order valence-corrected chi connectivity index (χ3v) is 6.10. The fourth-order valence-corrected chi connectivity index (χ4v) is 4.11. The van der Waals surface area contributed by atoms with Gasteiger partial charge in [-0.1, -0.05) is 0 Å². The molecule has 1 unspecified atom stereocenters. The Kier molecular flexibility index (Phi) is 6.97. The van der Waals surface area contributed by atoms with E-state index in [1.54, 1.807) is 5.20 Å². The Balaban J connectivity index is 1.43. The maximum atomic E-state index is 13.9. The van der Waals surface area contributed by atoms with Crippen LogP contribution >= 0.6 is 7.75 Å². The number of nitrogen functional groups attached to an aromatic ring is 1. The highest BCUT2D eigenvalue weighted by Gasteiger charge is 2.45. The Morgan fingerprint density at radius 1 is 1.19 bits per heavy atom.